The van der Waals surface area contributed by atoms with Gasteiger partial charge in [-0.15, -0.1) is 5.10 Å². The highest BCUT2D eigenvalue weighted by Crippen LogP contribution is 2.37. The van der Waals surface area contributed by atoms with Crippen molar-refractivity contribution in [2.45, 2.75) is 50.7 Å². The van der Waals surface area contributed by atoms with Crippen molar-refractivity contribution in [1.29, 1.82) is 0 Å². The van der Waals surface area contributed by atoms with E-state index in [2.05, 4.69) is 15.6 Å². The van der Waals surface area contributed by atoms with Crippen LogP contribution >= 0.6 is 0 Å². The van der Waals surface area contributed by atoms with Gasteiger partial charge in [0, 0.05) is 17.8 Å². The molecule has 2 amide bonds. The maximum absolute atomic E-state index is 14.4. The molecule has 4 aromatic rings. The Balaban J connectivity index is 1.43. The highest BCUT2D eigenvalue weighted by Gasteiger charge is 2.35. The summed E-state index contributed by atoms with van der Waals surface area (Å²) in [6.07, 6.45) is 4.96. The van der Waals surface area contributed by atoms with Crippen molar-refractivity contribution in [3.8, 4) is 11.5 Å². The van der Waals surface area contributed by atoms with Crippen molar-refractivity contribution in [2.75, 3.05) is 25.2 Å². The first-order valence-corrected chi connectivity index (χ1v) is 14.5. The summed E-state index contributed by atoms with van der Waals surface area (Å²) in [5, 5.41) is 11.6. The third-order valence-corrected chi connectivity index (χ3v) is 7.88. The molecule has 1 aliphatic heterocycles. The summed E-state index contributed by atoms with van der Waals surface area (Å²) in [4.78, 5) is 42.2. The van der Waals surface area contributed by atoms with Gasteiger partial charge in [-0.1, -0.05) is 48.7 Å². The van der Waals surface area contributed by atoms with Crippen LogP contribution in [-0.4, -0.2) is 59.1 Å². The molecule has 0 bridgehead atoms. The van der Waals surface area contributed by atoms with E-state index in [9.17, 15) is 14.4 Å². The van der Waals surface area contributed by atoms with Crippen LogP contribution in [0.1, 0.15) is 54.1 Å². The molecule has 1 N–H and O–H groups in total. The molecule has 2 heterocycles. The molecule has 6 rings (SSSR count). The lowest BCUT2D eigenvalue weighted by atomic mass is 9.94. The summed E-state index contributed by atoms with van der Waals surface area (Å²) in [6, 6.07) is 18.1. The van der Waals surface area contributed by atoms with E-state index in [0.717, 1.165) is 32.1 Å². The number of aromatic nitrogens is 3. The molecule has 11 heteroatoms. The van der Waals surface area contributed by atoms with Crippen LogP contribution in [0.4, 0.5) is 5.69 Å². The van der Waals surface area contributed by atoms with E-state index in [4.69, 9.17) is 14.2 Å². The number of carbonyl (C=O) groups is 3. The highest BCUT2D eigenvalue weighted by atomic mass is 16.6. The molecule has 1 fully saturated rings. The normalized spacial score (nSPS) is 15.5. The Bertz CT molecular complexity index is 1630. The number of para-hydroxylation sites is 1. The SMILES string of the molecule is COC(=O)c1ccc([C@H](C(=O)NC2CCCCC2)N(C(=O)Cn2nnc3ccccc32)c2ccc3c(c2)OCCO3)cc1. The monoisotopic (exact) mass is 583 g/mol. The predicted molar refractivity (Wildman–Crippen MR) is 158 cm³/mol. The van der Waals surface area contributed by atoms with Crippen LogP contribution in [0.5, 0.6) is 11.5 Å². The number of hydrogen-bond acceptors (Lipinski definition) is 8. The first-order chi connectivity index (χ1) is 21.0. The number of carbonyl (C=O) groups excluding carboxylic acids is 3. The molecular weight excluding hydrogens is 550 g/mol. The van der Waals surface area contributed by atoms with Crippen LogP contribution in [0.15, 0.2) is 66.7 Å². The Morgan fingerprint density at radius 1 is 0.977 bits per heavy atom. The summed E-state index contributed by atoms with van der Waals surface area (Å²) in [5.74, 6) is -0.138. The van der Waals surface area contributed by atoms with Gasteiger partial charge in [-0.3, -0.25) is 14.5 Å². The Hall–Kier alpha value is -4.93. The van der Waals surface area contributed by atoms with Crippen LogP contribution in [0.3, 0.4) is 0 Å². The largest absolute Gasteiger partial charge is 0.486 e. The lowest BCUT2D eigenvalue weighted by molar-refractivity contribution is -0.127. The topological polar surface area (TPSA) is 125 Å². The van der Waals surface area contributed by atoms with E-state index >= 15 is 0 Å². The molecule has 3 aromatic carbocycles. The minimum Gasteiger partial charge on any atom is -0.486 e. The van der Waals surface area contributed by atoms with Gasteiger partial charge in [0.1, 0.15) is 31.3 Å². The minimum atomic E-state index is -1.06. The van der Waals surface area contributed by atoms with Gasteiger partial charge >= 0.3 is 5.97 Å². The number of fused-ring (bicyclic) bond motifs is 2. The second kappa shape index (κ2) is 12.5. The van der Waals surface area contributed by atoms with Gasteiger partial charge in [0.2, 0.25) is 11.8 Å². The van der Waals surface area contributed by atoms with E-state index in [1.807, 2.05) is 24.3 Å². The van der Waals surface area contributed by atoms with Crippen molar-refractivity contribution < 1.29 is 28.6 Å². The number of ether oxygens (including phenoxy) is 3. The molecule has 1 atom stereocenters. The van der Waals surface area contributed by atoms with E-state index in [1.165, 1.54) is 16.7 Å². The van der Waals surface area contributed by atoms with Crippen LogP contribution in [-0.2, 0) is 20.9 Å². The maximum atomic E-state index is 14.4. The van der Waals surface area contributed by atoms with Crippen molar-refractivity contribution in [1.82, 2.24) is 20.3 Å². The Labute approximate surface area is 248 Å². The Morgan fingerprint density at radius 2 is 1.72 bits per heavy atom. The molecule has 11 nitrogen and oxygen atoms in total. The summed E-state index contributed by atoms with van der Waals surface area (Å²) in [6.45, 7) is 0.631. The molecule has 43 heavy (non-hydrogen) atoms. The molecule has 0 radical (unpaired) electrons. The van der Waals surface area contributed by atoms with Crippen molar-refractivity contribution in [2.24, 2.45) is 0 Å². The van der Waals surface area contributed by atoms with Gasteiger partial charge in [-0.05, 0) is 54.8 Å². The zero-order valence-corrected chi connectivity index (χ0v) is 23.9. The summed E-state index contributed by atoms with van der Waals surface area (Å²) in [7, 11) is 1.31. The maximum Gasteiger partial charge on any atom is 0.337 e. The quantitative estimate of drug-likeness (QED) is 0.306. The third kappa shape index (κ3) is 6.01. The number of nitrogens with zero attached hydrogens (tertiary/aromatic N) is 4. The highest BCUT2D eigenvalue weighted by molar-refractivity contribution is 6.02. The third-order valence-electron chi connectivity index (χ3n) is 7.88. The fraction of sp³-hybridized carbons (Fsp3) is 0.344. The average Bonchev–Trinajstić information content (AvgIpc) is 3.46. The molecule has 1 aromatic heterocycles. The lowest BCUT2D eigenvalue weighted by Crippen LogP contribution is -2.48. The summed E-state index contributed by atoms with van der Waals surface area (Å²) >= 11 is 0. The van der Waals surface area contributed by atoms with Gasteiger partial charge in [0.25, 0.3) is 0 Å². The fourth-order valence-corrected chi connectivity index (χ4v) is 5.72. The molecule has 0 unspecified atom stereocenters. The summed E-state index contributed by atoms with van der Waals surface area (Å²) < 4.78 is 17.9. The Kier molecular flexibility index (Phi) is 8.21. The van der Waals surface area contributed by atoms with Crippen molar-refractivity contribution >= 4 is 34.5 Å². The van der Waals surface area contributed by atoms with E-state index in [0.29, 0.717) is 52.6 Å². The second-order valence-electron chi connectivity index (χ2n) is 10.7. The number of nitrogens with one attached hydrogen (secondary N) is 1. The number of methoxy groups -OCH3 is 1. The number of benzene rings is 3. The molecule has 0 spiro atoms. The van der Waals surface area contributed by atoms with Gasteiger partial charge in [-0.2, -0.15) is 0 Å². The Morgan fingerprint density at radius 3 is 2.49 bits per heavy atom. The van der Waals surface area contributed by atoms with Gasteiger partial charge in [-0.25, -0.2) is 9.48 Å². The van der Waals surface area contributed by atoms with Gasteiger partial charge in [0.05, 0.1) is 18.2 Å². The number of rotatable bonds is 8. The van der Waals surface area contributed by atoms with Crippen LogP contribution in [0.2, 0.25) is 0 Å². The van der Waals surface area contributed by atoms with E-state index < -0.39 is 12.0 Å². The zero-order valence-electron chi connectivity index (χ0n) is 23.9. The first-order valence-electron chi connectivity index (χ1n) is 14.5. The molecule has 2 aliphatic rings. The first kappa shape index (κ1) is 28.2. The smallest absolute Gasteiger partial charge is 0.337 e. The molecule has 0 saturated heterocycles. The second-order valence-corrected chi connectivity index (χ2v) is 10.7. The number of hydrogen-bond donors (Lipinski definition) is 1. The van der Waals surface area contributed by atoms with Crippen LogP contribution < -0.4 is 19.7 Å². The number of esters is 1. The van der Waals surface area contributed by atoms with Crippen molar-refractivity contribution in [3.05, 3.63) is 77.9 Å². The molecule has 1 aliphatic carbocycles. The van der Waals surface area contributed by atoms with Crippen LogP contribution in [0, 0.1) is 0 Å². The lowest BCUT2D eigenvalue weighted by Gasteiger charge is -2.34. The molecule has 222 valence electrons. The zero-order chi connectivity index (χ0) is 29.8. The number of amides is 2. The van der Waals surface area contributed by atoms with Gasteiger partial charge in [0.15, 0.2) is 11.5 Å². The van der Waals surface area contributed by atoms with E-state index in [-0.39, 0.29) is 24.4 Å². The van der Waals surface area contributed by atoms with Gasteiger partial charge < -0.3 is 19.5 Å². The minimum absolute atomic E-state index is 0.00886. The number of anilines is 1. The predicted octanol–water partition coefficient (Wildman–Crippen LogP) is 4.21. The van der Waals surface area contributed by atoms with Crippen molar-refractivity contribution in [3.63, 3.8) is 0 Å². The van der Waals surface area contributed by atoms with E-state index in [1.54, 1.807) is 42.5 Å². The molecule has 1 saturated carbocycles. The standard InChI is InChI=1S/C32H33N5O6/c1-41-32(40)22-13-11-21(12-14-22)30(31(39)33-23-7-3-2-4-8-23)37(24-15-16-27-28(19-24)43-18-17-42-27)29(38)20-36-26-10-6-5-9-25(26)34-35-36/h5-6,9-16,19,23,30H,2-4,7-8,17-18,20H2,1H3,(H,33,39)/t30-/m1/s1. The average molecular weight is 584 g/mol. The molecular formula is C32H33N5O6. The fourth-order valence-electron chi connectivity index (χ4n) is 5.72. The summed E-state index contributed by atoms with van der Waals surface area (Å²) in [5.41, 5.74) is 2.69. The van der Waals surface area contributed by atoms with Crippen LogP contribution in [0.25, 0.3) is 11.0 Å².